The van der Waals surface area contributed by atoms with Gasteiger partial charge >= 0.3 is 0 Å². The highest BCUT2D eigenvalue weighted by Gasteiger charge is 2.24. The van der Waals surface area contributed by atoms with Gasteiger partial charge in [0.05, 0.1) is 9.71 Å². The molecule has 4 rings (SSSR count). The van der Waals surface area contributed by atoms with Gasteiger partial charge in [-0.25, -0.2) is 4.21 Å². The second-order valence-corrected chi connectivity index (χ2v) is 11.2. The molecule has 0 saturated heterocycles. The molecular formula is C28H35N3O3S. The molecule has 0 saturated carbocycles. The second kappa shape index (κ2) is 11.6. The van der Waals surface area contributed by atoms with E-state index in [0.717, 1.165) is 24.1 Å². The highest BCUT2D eigenvalue weighted by atomic mass is 32.2. The largest absolute Gasteiger partial charge is 0.341 e. The van der Waals surface area contributed by atoms with E-state index in [4.69, 9.17) is 11.6 Å². The van der Waals surface area contributed by atoms with Gasteiger partial charge in [-0.15, -0.1) is 12.3 Å². The summed E-state index contributed by atoms with van der Waals surface area (Å²) in [5.41, 5.74) is 7.87. The Morgan fingerprint density at radius 3 is 2.17 bits per heavy atom. The molecule has 1 atom stereocenters. The number of nitrogens with zero attached hydrogens (tertiary/aromatic N) is 1. The Hall–Kier alpha value is -3.08. The number of carbonyl (C=O) groups is 2. The van der Waals surface area contributed by atoms with Gasteiger partial charge in [0.25, 0.3) is 0 Å². The van der Waals surface area contributed by atoms with E-state index in [1.54, 1.807) is 43.1 Å². The number of fused-ring (bicyclic) bond motifs is 2. The fourth-order valence-electron chi connectivity index (χ4n) is 4.70. The van der Waals surface area contributed by atoms with Crippen molar-refractivity contribution in [3.05, 3.63) is 58.1 Å². The minimum atomic E-state index is -2.68. The van der Waals surface area contributed by atoms with Gasteiger partial charge in [-0.05, 0) is 84.3 Å². The molecule has 0 bridgehead atoms. The van der Waals surface area contributed by atoms with Crippen molar-refractivity contribution in [2.45, 2.75) is 69.7 Å². The van der Waals surface area contributed by atoms with Gasteiger partial charge in [0.1, 0.15) is 0 Å². The first-order valence-electron chi connectivity index (χ1n) is 12.0. The van der Waals surface area contributed by atoms with E-state index in [1.807, 2.05) is 0 Å². The van der Waals surface area contributed by atoms with Crippen molar-refractivity contribution in [1.82, 2.24) is 4.90 Å². The van der Waals surface area contributed by atoms with Crippen molar-refractivity contribution in [3.63, 3.8) is 0 Å². The number of anilines is 1. The van der Waals surface area contributed by atoms with Crippen LogP contribution < -0.4 is 10.5 Å². The van der Waals surface area contributed by atoms with Crippen molar-refractivity contribution in [3.8, 4) is 12.3 Å². The molecule has 2 aliphatic carbocycles. The third-order valence-corrected chi connectivity index (χ3v) is 7.50. The topological polar surface area (TPSA) is 92.5 Å². The molecular weight excluding hydrogens is 458 g/mol. The molecule has 186 valence electrons. The van der Waals surface area contributed by atoms with E-state index in [9.17, 15) is 13.8 Å². The Bertz CT molecular complexity index is 1210. The molecule has 35 heavy (non-hydrogen) atoms. The van der Waals surface area contributed by atoms with Crippen molar-refractivity contribution >= 4 is 33.1 Å². The summed E-state index contributed by atoms with van der Waals surface area (Å²) in [6.45, 7) is 2.09. The van der Waals surface area contributed by atoms with Gasteiger partial charge in [-0.2, -0.15) is 0 Å². The third-order valence-electron chi connectivity index (χ3n) is 6.43. The highest BCUT2D eigenvalue weighted by Crippen LogP contribution is 2.38. The second-order valence-electron chi connectivity index (χ2n) is 9.24. The molecule has 0 radical (unpaired) electrons. The van der Waals surface area contributed by atoms with Gasteiger partial charge in [0.15, 0.2) is 0 Å². The lowest BCUT2D eigenvalue weighted by atomic mass is 9.99. The maximum absolute atomic E-state index is 11.7. The van der Waals surface area contributed by atoms with E-state index in [-0.39, 0.29) is 11.8 Å². The molecule has 0 aliphatic heterocycles. The van der Waals surface area contributed by atoms with Crippen LogP contribution in [0.25, 0.3) is 0 Å². The lowest BCUT2D eigenvalue weighted by molar-refractivity contribution is -0.130. The summed E-state index contributed by atoms with van der Waals surface area (Å²) < 4.78 is 11.5. The van der Waals surface area contributed by atoms with Gasteiger partial charge in [-0.3, -0.25) is 14.7 Å². The molecule has 0 fully saturated rings. The third kappa shape index (κ3) is 6.97. The first-order chi connectivity index (χ1) is 16.6. The number of nitrogens with two attached hydrogens (primary N) is 1. The number of terminal acetylenes is 1. The first-order valence-corrected chi connectivity index (χ1v) is 13.7. The summed E-state index contributed by atoms with van der Waals surface area (Å²) in [5, 5.41) is 8.51. The van der Waals surface area contributed by atoms with Gasteiger partial charge in [0.2, 0.25) is 11.8 Å². The van der Waals surface area contributed by atoms with Gasteiger partial charge in [-0.1, -0.05) is 18.2 Å². The fraction of sp³-hybridized carbons (Fsp3) is 0.393. The van der Waals surface area contributed by atoms with Crippen LogP contribution in [0.15, 0.2) is 35.2 Å². The number of hydrogen-bond acceptors (Lipinski definition) is 3. The van der Waals surface area contributed by atoms with E-state index >= 15 is 0 Å². The van der Waals surface area contributed by atoms with Crippen LogP contribution >= 0.6 is 0 Å². The van der Waals surface area contributed by atoms with Crippen LogP contribution in [-0.2, 0) is 51.5 Å². The molecule has 7 heteroatoms. The summed E-state index contributed by atoms with van der Waals surface area (Å²) in [4.78, 5) is 25.1. The Morgan fingerprint density at radius 2 is 1.69 bits per heavy atom. The van der Waals surface area contributed by atoms with Crippen LogP contribution in [0.1, 0.15) is 60.4 Å². The quantitative estimate of drug-likeness (QED) is 0.475. The average molecular weight is 494 g/mol. The molecule has 0 aromatic heterocycles. The lowest BCUT2D eigenvalue weighted by Gasteiger charge is -2.17. The number of benzene rings is 2. The molecule has 6 nitrogen and oxygen atoms in total. The SMILES string of the molecule is C#CCCC(=O)N(C)Cc1ccc(S(=C)(N)=O)cc1.CC(=O)Nc1c2c(cc3c1CCC3)CCC2. The molecule has 2 aliphatic rings. The van der Waals surface area contributed by atoms with Gasteiger partial charge in [0, 0.05) is 43.9 Å². The summed E-state index contributed by atoms with van der Waals surface area (Å²) in [6, 6.07) is 9.31. The molecule has 2 aromatic carbocycles. The fourth-order valence-corrected chi connectivity index (χ4v) is 5.30. The summed E-state index contributed by atoms with van der Waals surface area (Å²) in [7, 11) is -0.957. The lowest BCUT2D eigenvalue weighted by Crippen LogP contribution is -2.25. The van der Waals surface area contributed by atoms with Crippen LogP contribution in [0.2, 0.25) is 0 Å². The van der Waals surface area contributed by atoms with E-state index in [2.05, 4.69) is 23.2 Å². The van der Waals surface area contributed by atoms with Crippen molar-refractivity contribution < 1.29 is 13.8 Å². The zero-order valence-corrected chi connectivity index (χ0v) is 21.5. The first kappa shape index (κ1) is 26.5. The number of amides is 2. The Morgan fingerprint density at radius 1 is 1.11 bits per heavy atom. The summed E-state index contributed by atoms with van der Waals surface area (Å²) >= 11 is 0. The Balaban J connectivity index is 0.000000197. The Kier molecular flexibility index (Phi) is 8.76. The number of hydrogen-bond donors (Lipinski definition) is 2. The predicted molar refractivity (Wildman–Crippen MR) is 143 cm³/mol. The monoisotopic (exact) mass is 493 g/mol. The molecule has 0 spiro atoms. The number of rotatable bonds is 6. The highest BCUT2D eigenvalue weighted by molar-refractivity contribution is 7.98. The smallest absolute Gasteiger partial charge is 0.223 e. The van der Waals surface area contributed by atoms with Crippen molar-refractivity contribution in [1.29, 1.82) is 0 Å². The maximum atomic E-state index is 11.7. The number of carbonyl (C=O) groups excluding carboxylic acids is 2. The normalized spacial score (nSPS) is 15.0. The average Bonchev–Trinajstić information content (AvgIpc) is 3.46. The van der Waals surface area contributed by atoms with Crippen LogP contribution in [0, 0.1) is 12.3 Å². The van der Waals surface area contributed by atoms with Crippen LogP contribution in [-0.4, -0.2) is 33.8 Å². The van der Waals surface area contributed by atoms with Crippen LogP contribution in [0.4, 0.5) is 5.69 Å². The zero-order chi connectivity index (χ0) is 25.6. The molecule has 0 heterocycles. The van der Waals surface area contributed by atoms with Crippen molar-refractivity contribution in [2.24, 2.45) is 5.14 Å². The predicted octanol–water partition coefficient (Wildman–Crippen LogP) is 3.63. The molecule has 2 aromatic rings. The van der Waals surface area contributed by atoms with Crippen LogP contribution in [0.3, 0.4) is 0 Å². The summed E-state index contributed by atoms with van der Waals surface area (Å²) in [5.74, 6) is 5.92. The minimum Gasteiger partial charge on any atom is -0.341 e. The molecule has 1 unspecified atom stereocenters. The zero-order valence-electron chi connectivity index (χ0n) is 20.7. The number of nitrogens with one attached hydrogen (secondary N) is 1. The van der Waals surface area contributed by atoms with Crippen LogP contribution in [0.5, 0.6) is 0 Å². The number of aryl methyl sites for hydroxylation is 2. The molecule has 3 N–H and O–H groups in total. The summed E-state index contributed by atoms with van der Waals surface area (Å²) in [6.07, 6.45) is 13.0. The van der Waals surface area contributed by atoms with E-state index in [1.165, 1.54) is 47.9 Å². The molecule has 2 amide bonds. The van der Waals surface area contributed by atoms with E-state index in [0.29, 0.717) is 24.3 Å². The van der Waals surface area contributed by atoms with Crippen molar-refractivity contribution in [2.75, 3.05) is 12.4 Å². The maximum Gasteiger partial charge on any atom is 0.223 e. The Labute approximate surface area is 209 Å². The van der Waals surface area contributed by atoms with E-state index < -0.39 is 9.71 Å². The van der Waals surface area contributed by atoms with Gasteiger partial charge < -0.3 is 10.2 Å². The minimum absolute atomic E-state index is 0.00167. The standard InChI is InChI=1S/C14H18N2O2S.C14H17NO/c1-4-5-6-14(17)16(2)11-12-7-9-13(10-8-12)19(3,15)18;1-9(16)15-14-12-6-2-4-10(12)8-11-5-3-7-13(11)14/h1,7-10H,3,5-6,11H2,2H3,(H2,15,18);8H,2-7H2,1H3,(H,15,16).